The largest absolute Gasteiger partial charge is 0.507 e. The van der Waals surface area contributed by atoms with E-state index >= 15 is 0 Å². The second-order valence-electron chi connectivity index (χ2n) is 15.8. The lowest BCUT2D eigenvalue weighted by molar-refractivity contribution is -0.160. The molecule has 14 nitrogen and oxygen atoms in total. The van der Waals surface area contributed by atoms with E-state index in [0.717, 1.165) is 5.57 Å². The number of anilines is 3. The number of esters is 1. The molecule has 4 heterocycles. The number of phenols is 2. The first kappa shape index (κ1) is 41.3. The summed E-state index contributed by atoms with van der Waals surface area (Å²) in [7, 11) is 1.46. The van der Waals surface area contributed by atoms with Crippen molar-refractivity contribution in [1.29, 1.82) is 0 Å². The zero-order valence-electron chi connectivity index (χ0n) is 33.9. The van der Waals surface area contributed by atoms with Crippen LogP contribution in [0.1, 0.15) is 71.3 Å². The number of ether oxygens (including phenoxy) is 4. The molecule has 0 radical (unpaired) electrons. The number of allylic oxidation sites excluding steroid dienone is 4. The molecule has 6 N–H and O–H groups in total. The minimum Gasteiger partial charge on any atom is -0.507 e. The van der Waals surface area contributed by atoms with Crippen molar-refractivity contribution in [2.45, 2.75) is 98.7 Å². The number of nitrogens with zero attached hydrogens (tertiary/aromatic N) is 1. The standard InChI is InChI=1S/C43H53N3O11/c1-19-14-16-46-28(18-19)44-32-29-30-37(50)25(7)40-31(29)41(52)43(9,57-40)55-17-15-27(54-10)22(4)39(56-26(8)47)24(6)36(49)23(5)35(48)20(2)12-11-13-21(3)42(53)45-33(34(32)46)38(30)51/h11-18,20,22-24,27-28,35-36,39,44,48-51H,1-10H3,(H,45,53)/b12-11+,17-15+,21-13-/t20-,22+,23+,24+,27-,28?,35-,36+,39+,43-/m0/s1. The molecule has 6 rings (SSSR count). The fourth-order valence-corrected chi connectivity index (χ4v) is 8.27. The van der Waals surface area contributed by atoms with Gasteiger partial charge in [-0.3, -0.25) is 14.4 Å². The van der Waals surface area contributed by atoms with E-state index in [4.69, 9.17) is 18.9 Å². The third kappa shape index (κ3) is 7.14. The Morgan fingerprint density at radius 2 is 1.65 bits per heavy atom. The summed E-state index contributed by atoms with van der Waals surface area (Å²) in [6.07, 6.45) is 9.12. The Bertz CT molecular complexity index is 2150. The van der Waals surface area contributed by atoms with Gasteiger partial charge in [0, 0.05) is 67.4 Å². The maximum Gasteiger partial charge on any atom is 0.312 e. The fraction of sp³-hybridized carbons (Fsp3) is 0.465. The summed E-state index contributed by atoms with van der Waals surface area (Å²) < 4.78 is 23.9. The van der Waals surface area contributed by atoms with Crippen LogP contribution in [0.4, 0.5) is 17.1 Å². The van der Waals surface area contributed by atoms with Crippen molar-refractivity contribution in [3.05, 3.63) is 71.2 Å². The highest BCUT2D eigenvalue weighted by atomic mass is 16.7. The Morgan fingerprint density at radius 3 is 2.32 bits per heavy atom. The molecule has 4 aliphatic rings. The number of nitrogens with one attached hydrogen (secondary N) is 2. The van der Waals surface area contributed by atoms with Crippen molar-refractivity contribution in [3.8, 4) is 17.2 Å². The first-order valence-corrected chi connectivity index (χ1v) is 19.1. The molecular formula is C43H53N3O11. The highest BCUT2D eigenvalue weighted by molar-refractivity contribution is 6.27. The molecule has 10 atom stereocenters. The molecule has 0 fully saturated rings. The molecular weight excluding hydrogens is 734 g/mol. The zero-order chi connectivity index (χ0) is 41.8. The number of aromatic hydroxyl groups is 2. The predicted octanol–water partition coefficient (Wildman–Crippen LogP) is 6.08. The van der Waals surface area contributed by atoms with E-state index < -0.39 is 83.4 Å². The summed E-state index contributed by atoms with van der Waals surface area (Å²) in [6, 6.07) is 0. The summed E-state index contributed by atoms with van der Waals surface area (Å²) in [5.41, 5.74) is 2.18. The van der Waals surface area contributed by atoms with Crippen LogP contribution in [0.2, 0.25) is 0 Å². The summed E-state index contributed by atoms with van der Waals surface area (Å²) in [5, 5.41) is 53.0. The SMILES string of the molecule is CO[C@H]1/C=C/O[C@@]2(C)Oc3c(C)c(O)c4c(O)c(c5c(c4c3C2=O)NC2C=C(C)C=CN52)NC(=O)/C(C)=C\C=C\[C@H](C)[C@H](O)[C@@H](C)[C@@H](O)[C@@H](C)[C@H](OC(C)=O)[C@@H]1C. The second-order valence-corrected chi connectivity index (χ2v) is 15.8. The monoisotopic (exact) mass is 787 g/mol. The van der Waals surface area contributed by atoms with Crippen molar-refractivity contribution >= 4 is 45.5 Å². The third-order valence-electron chi connectivity index (χ3n) is 11.8. The number of fused-ring (bicyclic) bond motifs is 2. The number of hydrogen-bond acceptors (Lipinski definition) is 13. The molecule has 0 spiro atoms. The number of aliphatic hydroxyl groups is 2. The van der Waals surface area contributed by atoms with E-state index in [1.807, 2.05) is 24.0 Å². The minimum atomic E-state index is -1.94. The molecule has 4 aliphatic heterocycles. The molecule has 4 bridgehead atoms. The number of Topliss-reactive ketones (excluding diaryl/α,β-unsaturated/α-hetero) is 1. The van der Waals surface area contributed by atoms with E-state index in [-0.39, 0.29) is 44.7 Å². The molecule has 2 aromatic carbocycles. The van der Waals surface area contributed by atoms with Crippen LogP contribution in [0.3, 0.4) is 0 Å². The smallest absolute Gasteiger partial charge is 0.312 e. The molecule has 0 aliphatic carbocycles. The Balaban J connectivity index is 1.54. The van der Waals surface area contributed by atoms with E-state index in [2.05, 4.69) is 10.6 Å². The van der Waals surface area contributed by atoms with Crippen LogP contribution in [0, 0.1) is 30.6 Å². The van der Waals surface area contributed by atoms with E-state index in [1.165, 1.54) is 27.2 Å². The molecule has 1 unspecified atom stereocenters. The fourth-order valence-electron chi connectivity index (χ4n) is 8.27. The van der Waals surface area contributed by atoms with Crippen molar-refractivity contribution in [1.82, 2.24) is 0 Å². The summed E-state index contributed by atoms with van der Waals surface area (Å²) in [6.45, 7) is 14.8. The topological polar surface area (TPSA) is 196 Å². The van der Waals surface area contributed by atoms with Crippen LogP contribution in [-0.4, -0.2) is 81.6 Å². The van der Waals surface area contributed by atoms with Crippen LogP contribution >= 0.6 is 0 Å². The number of aliphatic hydroxyl groups excluding tert-OH is 2. The maximum atomic E-state index is 14.6. The van der Waals surface area contributed by atoms with E-state index in [1.54, 1.807) is 72.0 Å². The molecule has 0 saturated heterocycles. The van der Waals surface area contributed by atoms with Gasteiger partial charge >= 0.3 is 11.8 Å². The molecule has 306 valence electrons. The number of amides is 1. The van der Waals surface area contributed by atoms with Gasteiger partial charge in [-0.15, -0.1) is 0 Å². The van der Waals surface area contributed by atoms with Crippen molar-refractivity contribution in [2.24, 2.45) is 23.7 Å². The lowest BCUT2D eigenvalue weighted by Crippen LogP contribution is -2.46. The van der Waals surface area contributed by atoms with E-state index in [0.29, 0.717) is 11.4 Å². The van der Waals surface area contributed by atoms with Gasteiger partial charge in [0.1, 0.15) is 29.5 Å². The first-order valence-electron chi connectivity index (χ1n) is 19.1. The average molecular weight is 788 g/mol. The van der Waals surface area contributed by atoms with Crippen LogP contribution in [0.5, 0.6) is 17.2 Å². The van der Waals surface area contributed by atoms with Gasteiger partial charge in [-0.05, 0) is 44.6 Å². The molecule has 0 saturated carbocycles. The van der Waals surface area contributed by atoms with Crippen LogP contribution in [-0.2, 0) is 23.8 Å². The highest BCUT2D eigenvalue weighted by Gasteiger charge is 2.50. The van der Waals surface area contributed by atoms with Gasteiger partial charge < -0.3 is 54.9 Å². The van der Waals surface area contributed by atoms with Gasteiger partial charge in [0.05, 0.1) is 46.9 Å². The van der Waals surface area contributed by atoms with Gasteiger partial charge in [0.25, 0.3) is 11.7 Å². The number of hydrogen-bond donors (Lipinski definition) is 6. The number of benzene rings is 2. The maximum absolute atomic E-state index is 14.6. The molecule has 0 aromatic heterocycles. The van der Waals surface area contributed by atoms with Crippen molar-refractivity contribution in [2.75, 3.05) is 22.6 Å². The highest BCUT2D eigenvalue weighted by Crippen LogP contribution is 2.59. The molecule has 2 aromatic rings. The number of carbonyl (C=O) groups is 3. The second kappa shape index (κ2) is 15.6. The predicted molar refractivity (Wildman–Crippen MR) is 215 cm³/mol. The van der Waals surface area contributed by atoms with Crippen LogP contribution < -0.4 is 20.3 Å². The summed E-state index contributed by atoms with van der Waals surface area (Å²) in [5.74, 6) is -6.77. The number of ketones is 1. The third-order valence-corrected chi connectivity index (χ3v) is 11.8. The van der Waals surface area contributed by atoms with Crippen LogP contribution in [0.15, 0.2) is 60.1 Å². The zero-order valence-corrected chi connectivity index (χ0v) is 33.9. The lowest BCUT2D eigenvalue weighted by atomic mass is 9.78. The van der Waals surface area contributed by atoms with Gasteiger partial charge in [-0.1, -0.05) is 45.9 Å². The van der Waals surface area contributed by atoms with Gasteiger partial charge in [0.15, 0.2) is 5.75 Å². The molecule has 57 heavy (non-hydrogen) atoms. The molecule has 1 amide bonds. The Labute approximate surface area is 332 Å². The van der Waals surface area contributed by atoms with Gasteiger partial charge in [-0.25, -0.2) is 0 Å². The van der Waals surface area contributed by atoms with E-state index in [9.17, 15) is 34.8 Å². The number of rotatable bonds is 2. The van der Waals surface area contributed by atoms with Crippen LogP contribution in [0.25, 0.3) is 10.8 Å². The number of carbonyl (C=O) groups excluding carboxylic acids is 3. The Kier molecular flexibility index (Phi) is 11.3. The quantitative estimate of drug-likeness (QED) is 0.117. The lowest BCUT2D eigenvalue weighted by Gasteiger charge is -2.38. The number of phenolic OH excluding ortho intramolecular Hbond substituents is 2. The van der Waals surface area contributed by atoms with Crippen molar-refractivity contribution < 1.29 is 53.8 Å². The summed E-state index contributed by atoms with van der Waals surface area (Å²) in [4.78, 5) is 42.6. The number of methoxy groups -OCH3 is 1. The summed E-state index contributed by atoms with van der Waals surface area (Å²) >= 11 is 0. The van der Waals surface area contributed by atoms with Crippen molar-refractivity contribution in [3.63, 3.8) is 0 Å². The normalized spacial score (nSPS) is 33.6. The minimum absolute atomic E-state index is 0.0109. The Morgan fingerprint density at radius 1 is 0.947 bits per heavy atom. The molecule has 14 heteroatoms. The Hall–Kier alpha value is -5.31. The van der Waals surface area contributed by atoms with Gasteiger partial charge in [-0.2, -0.15) is 0 Å². The first-order chi connectivity index (χ1) is 26.8. The van der Waals surface area contributed by atoms with Gasteiger partial charge in [0.2, 0.25) is 0 Å². The average Bonchev–Trinajstić information content (AvgIpc) is 3.67.